The van der Waals surface area contributed by atoms with Crippen LogP contribution in [-0.2, 0) is 9.59 Å². The molecule has 3 atom stereocenters. The zero-order valence-corrected chi connectivity index (χ0v) is 15.1. The van der Waals surface area contributed by atoms with Crippen LogP contribution in [0.5, 0.6) is 0 Å². The lowest BCUT2D eigenvalue weighted by atomic mass is 10.1. The fourth-order valence-electron chi connectivity index (χ4n) is 1.18. The highest BCUT2D eigenvalue weighted by molar-refractivity contribution is 8.93. The fourth-order valence-corrected chi connectivity index (χ4v) is 1.18. The Morgan fingerprint density at radius 1 is 1.15 bits per heavy atom. The van der Waals surface area contributed by atoms with Crippen LogP contribution >= 0.6 is 34.0 Å². The Labute approximate surface area is 141 Å². The molecule has 0 spiro atoms. The average molecular weight is 416 g/mol. The maximum atomic E-state index is 11.3. The van der Waals surface area contributed by atoms with E-state index in [0.29, 0.717) is 19.4 Å². The Hall–Kier alpha value is -0.620. The first-order chi connectivity index (χ1) is 8.38. The second-order valence-corrected chi connectivity index (χ2v) is 4.24. The Balaban J connectivity index is -0.00000144. The van der Waals surface area contributed by atoms with E-state index in [0.717, 1.165) is 0 Å². The van der Waals surface area contributed by atoms with Crippen molar-refractivity contribution in [2.24, 2.45) is 11.5 Å². The lowest BCUT2D eigenvalue weighted by molar-refractivity contribution is -0.123. The molecule has 0 aromatic heterocycles. The molecule has 6 nitrogen and oxygen atoms in total. The zero-order valence-electron chi connectivity index (χ0n) is 11.7. The number of rotatable bonds is 7. The fraction of sp³-hybridized carbons (Fsp3) is 0.667. The van der Waals surface area contributed by atoms with E-state index in [1.165, 1.54) is 0 Å². The minimum atomic E-state index is -0.585. The van der Waals surface area contributed by atoms with Crippen LogP contribution in [0.3, 0.4) is 0 Å². The van der Waals surface area contributed by atoms with Crippen LogP contribution in [0.15, 0.2) is 0 Å². The number of amides is 2. The van der Waals surface area contributed by atoms with E-state index in [1.54, 1.807) is 13.8 Å². The Morgan fingerprint density at radius 2 is 1.65 bits per heavy atom. The van der Waals surface area contributed by atoms with Crippen LogP contribution < -0.4 is 22.1 Å². The van der Waals surface area contributed by atoms with Gasteiger partial charge in [-0.3, -0.25) is 9.59 Å². The molecule has 20 heavy (non-hydrogen) atoms. The highest BCUT2D eigenvalue weighted by Crippen LogP contribution is 1.96. The molecule has 0 radical (unpaired) electrons. The van der Waals surface area contributed by atoms with Gasteiger partial charge in [-0.2, -0.15) is 0 Å². The molecule has 3 unspecified atom stereocenters. The van der Waals surface area contributed by atoms with Crippen LogP contribution in [0.1, 0.15) is 26.7 Å². The summed E-state index contributed by atoms with van der Waals surface area (Å²) < 4.78 is 0. The Kier molecular flexibility index (Phi) is 16.3. The minimum absolute atomic E-state index is 0. The van der Waals surface area contributed by atoms with Crippen LogP contribution in [0, 0.1) is 12.3 Å². The number of nitrogens with one attached hydrogen (secondary N) is 2. The molecule has 6 N–H and O–H groups in total. The van der Waals surface area contributed by atoms with Crippen molar-refractivity contribution < 1.29 is 9.59 Å². The van der Waals surface area contributed by atoms with Gasteiger partial charge in [-0.05, 0) is 26.7 Å². The van der Waals surface area contributed by atoms with Crippen LogP contribution in [0.4, 0.5) is 0 Å². The van der Waals surface area contributed by atoms with Crippen molar-refractivity contribution in [3.05, 3.63) is 0 Å². The number of hydrogen-bond donors (Lipinski definition) is 4. The third kappa shape index (κ3) is 11.2. The van der Waals surface area contributed by atoms with Crippen molar-refractivity contribution in [1.82, 2.24) is 10.6 Å². The number of carbonyl (C=O) groups excluding carboxylic acids is 2. The molecule has 0 aromatic carbocycles. The molecule has 0 saturated heterocycles. The monoisotopic (exact) mass is 414 g/mol. The summed E-state index contributed by atoms with van der Waals surface area (Å²) in [7, 11) is 0. The number of terminal acetylenes is 1. The van der Waals surface area contributed by atoms with Gasteiger partial charge in [0.2, 0.25) is 11.8 Å². The smallest absolute Gasteiger partial charge is 0.237 e. The van der Waals surface area contributed by atoms with Gasteiger partial charge in [-0.15, -0.1) is 40.4 Å². The molecular formula is C12H24Br2N4O2. The van der Waals surface area contributed by atoms with E-state index in [2.05, 4.69) is 16.6 Å². The van der Waals surface area contributed by atoms with E-state index in [1.807, 2.05) is 0 Å². The maximum Gasteiger partial charge on any atom is 0.237 e. The third-order valence-corrected chi connectivity index (χ3v) is 2.31. The first-order valence-corrected chi connectivity index (χ1v) is 5.93. The van der Waals surface area contributed by atoms with E-state index < -0.39 is 12.1 Å². The number of nitrogens with two attached hydrogens (primary N) is 2. The van der Waals surface area contributed by atoms with Gasteiger partial charge in [0, 0.05) is 6.54 Å². The van der Waals surface area contributed by atoms with Gasteiger partial charge < -0.3 is 22.1 Å². The van der Waals surface area contributed by atoms with Gasteiger partial charge in [-0.25, -0.2) is 0 Å². The lowest BCUT2D eigenvalue weighted by Gasteiger charge is -2.15. The average Bonchev–Trinajstić information content (AvgIpc) is 2.31. The molecule has 2 amide bonds. The summed E-state index contributed by atoms with van der Waals surface area (Å²) >= 11 is 0. The largest absolute Gasteiger partial charge is 0.355 e. The molecule has 0 aliphatic carbocycles. The highest BCUT2D eigenvalue weighted by Gasteiger charge is 2.13. The molecule has 0 bridgehead atoms. The molecule has 0 saturated carbocycles. The molecule has 0 fully saturated rings. The predicted molar refractivity (Wildman–Crippen MR) is 91.0 cm³/mol. The van der Waals surface area contributed by atoms with Crippen molar-refractivity contribution in [2.75, 3.05) is 6.54 Å². The normalized spacial score (nSPS) is 13.6. The topological polar surface area (TPSA) is 110 Å². The van der Waals surface area contributed by atoms with Crippen molar-refractivity contribution >= 4 is 45.8 Å². The van der Waals surface area contributed by atoms with E-state index >= 15 is 0 Å². The van der Waals surface area contributed by atoms with Crippen LogP contribution in [0.2, 0.25) is 0 Å². The van der Waals surface area contributed by atoms with Crippen molar-refractivity contribution in [3.8, 4) is 12.3 Å². The molecule has 118 valence electrons. The lowest BCUT2D eigenvalue weighted by Crippen LogP contribution is -2.43. The molecule has 0 aliphatic rings. The van der Waals surface area contributed by atoms with Gasteiger partial charge in [0.1, 0.15) is 0 Å². The van der Waals surface area contributed by atoms with Crippen molar-refractivity contribution in [3.63, 3.8) is 0 Å². The van der Waals surface area contributed by atoms with Gasteiger partial charge in [-0.1, -0.05) is 5.92 Å². The van der Waals surface area contributed by atoms with Gasteiger partial charge in [0.25, 0.3) is 0 Å². The summed E-state index contributed by atoms with van der Waals surface area (Å²) in [5.74, 6) is 1.99. The molecule has 0 aromatic rings. The number of hydrogen-bond acceptors (Lipinski definition) is 4. The zero-order chi connectivity index (χ0) is 14.1. The first-order valence-electron chi connectivity index (χ1n) is 5.93. The predicted octanol–water partition coefficient (Wildman–Crippen LogP) is -0.149. The van der Waals surface area contributed by atoms with Crippen LogP contribution in [0.25, 0.3) is 0 Å². The van der Waals surface area contributed by atoms with Gasteiger partial charge in [0.05, 0.1) is 18.1 Å². The van der Waals surface area contributed by atoms with Crippen molar-refractivity contribution in [2.45, 2.75) is 44.8 Å². The third-order valence-electron chi connectivity index (χ3n) is 2.31. The summed E-state index contributed by atoms with van der Waals surface area (Å²) in [5.41, 5.74) is 10.8. The number of halogens is 2. The minimum Gasteiger partial charge on any atom is -0.355 e. The molecule has 0 aliphatic heterocycles. The van der Waals surface area contributed by atoms with Gasteiger partial charge in [0.15, 0.2) is 0 Å². The highest BCUT2D eigenvalue weighted by atomic mass is 79.9. The Morgan fingerprint density at radius 3 is 2.05 bits per heavy atom. The second kappa shape index (κ2) is 13.4. The standard InChI is InChI=1S/C12H22N4O2.2BrH/c1-4-10(16-12(18)9(3)14)6-5-7-15-11(17)8(2)13;;/h1,8-10H,5-7,13-14H2,2-3H3,(H,15,17)(H,16,18);2*1H. The van der Waals surface area contributed by atoms with Crippen molar-refractivity contribution in [1.29, 1.82) is 0 Å². The Bertz CT molecular complexity index is 330. The molecule has 8 heteroatoms. The first kappa shape index (κ1) is 24.4. The summed E-state index contributed by atoms with van der Waals surface area (Å²) in [6, 6.07) is -1.47. The quantitative estimate of drug-likeness (QED) is 0.342. The van der Waals surface area contributed by atoms with Crippen LogP contribution in [-0.4, -0.2) is 36.5 Å². The molecular weight excluding hydrogens is 392 g/mol. The van der Waals surface area contributed by atoms with E-state index in [9.17, 15) is 9.59 Å². The van der Waals surface area contributed by atoms with E-state index in [4.69, 9.17) is 17.9 Å². The second-order valence-electron chi connectivity index (χ2n) is 4.24. The van der Waals surface area contributed by atoms with Gasteiger partial charge >= 0.3 is 0 Å². The SMILES string of the molecule is Br.Br.C#CC(CCCNC(=O)C(C)N)NC(=O)C(C)N. The van der Waals surface area contributed by atoms with E-state index in [-0.39, 0.29) is 51.8 Å². The summed E-state index contributed by atoms with van der Waals surface area (Å²) in [5, 5.41) is 5.31. The molecule has 0 heterocycles. The maximum absolute atomic E-state index is 11.3. The number of carbonyl (C=O) groups is 2. The molecule has 0 rings (SSSR count). The summed E-state index contributed by atoms with van der Waals surface area (Å²) in [6.45, 7) is 3.68. The summed E-state index contributed by atoms with van der Waals surface area (Å²) in [6.07, 6.45) is 6.54. The summed E-state index contributed by atoms with van der Waals surface area (Å²) in [4.78, 5) is 22.5.